The molecular weight excluding hydrogens is 599 g/mol. The van der Waals surface area contributed by atoms with E-state index in [-0.39, 0.29) is 23.8 Å². The Morgan fingerprint density at radius 2 is 1.77 bits per heavy atom. The summed E-state index contributed by atoms with van der Waals surface area (Å²) in [5.41, 5.74) is 9.06. The lowest BCUT2D eigenvalue weighted by atomic mass is 9.83. The van der Waals surface area contributed by atoms with Gasteiger partial charge in [-0.3, -0.25) is 0 Å². The summed E-state index contributed by atoms with van der Waals surface area (Å²) < 4.78 is 23.2. The van der Waals surface area contributed by atoms with Gasteiger partial charge >= 0.3 is 5.97 Å². The lowest BCUT2D eigenvalue weighted by molar-refractivity contribution is 0.0736. The molecule has 0 bridgehead atoms. The van der Waals surface area contributed by atoms with Crippen molar-refractivity contribution in [1.82, 2.24) is 0 Å². The highest BCUT2D eigenvalue weighted by Crippen LogP contribution is 2.45. The molecule has 9 heteroatoms. The van der Waals surface area contributed by atoms with E-state index in [0.717, 1.165) is 21.9 Å². The third-order valence-corrected chi connectivity index (χ3v) is 7.92. The van der Waals surface area contributed by atoms with Gasteiger partial charge in [0.25, 0.3) is 0 Å². The van der Waals surface area contributed by atoms with Crippen molar-refractivity contribution in [2.24, 2.45) is 5.73 Å². The molecule has 5 aromatic rings. The third-order valence-electron chi connectivity index (χ3n) is 7.33. The second kappa shape index (κ2) is 12.2. The lowest BCUT2D eigenvalue weighted by Gasteiger charge is -2.27. The summed E-state index contributed by atoms with van der Waals surface area (Å²) in [4.78, 5) is 13.1. The van der Waals surface area contributed by atoms with E-state index in [4.69, 9.17) is 47.9 Å². The number of ether oxygens (including phenoxy) is 4. The highest BCUT2D eigenvalue weighted by Gasteiger charge is 2.32. The number of carbonyl (C=O) groups is 1. The number of allylic oxidation sites excluding steroid dienone is 1. The summed E-state index contributed by atoms with van der Waals surface area (Å²) in [6.07, 6.45) is 0. The molecule has 0 spiro atoms. The molecule has 0 aromatic heterocycles. The number of fused-ring (bicyclic) bond motifs is 2. The predicted molar refractivity (Wildman–Crippen MR) is 168 cm³/mol. The van der Waals surface area contributed by atoms with Crippen molar-refractivity contribution in [3.63, 3.8) is 0 Å². The number of nitrogens with two attached hydrogens (primary N) is 1. The van der Waals surface area contributed by atoms with E-state index in [9.17, 15) is 10.1 Å². The predicted octanol–water partition coefficient (Wildman–Crippen LogP) is 8.17. The number of nitriles is 1. The molecular formula is C35H24Cl2N2O5. The fourth-order valence-electron chi connectivity index (χ4n) is 5.18. The van der Waals surface area contributed by atoms with Crippen molar-refractivity contribution < 1.29 is 23.7 Å². The molecule has 1 atom stereocenters. The Hall–Kier alpha value is -5.16. The average molecular weight is 623 g/mol. The lowest BCUT2D eigenvalue weighted by Crippen LogP contribution is -2.21. The second-order valence-electron chi connectivity index (χ2n) is 9.98. The zero-order valence-corrected chi connectivity index (χ0v) is 24.9. The summed E-state index contributed by atoms with van der Waals surface area (Å²) in [5.74, 6) is 0.468. The van der Waals surface area contributed by atoms with Gasteiger partial charge in [-0.1, -0.05) is 77.8 Å². The van der Waals surface area contributed by atoms with Gasteiger partial charge in [0.15, 0.2) is 11.5 Å². The summed E-state index contributed by atoms with van der Waals surface area (Å²) in [6.45, 7) is 0.197. The van der Waals surface area contributed by atoms with Gasteiger partial charge in [-0.15, -0.1) is 0 Å². The average Bonchev–Trinajstić information content (AvgIpc) is 3.03. The molecule has 5 aromatic carbocycles. The zero-order valence-electron chi connectivity index (χ0n) is 23.3. The van der Waals surface area contributed by atoms with Crippen LogP contribution in [0.4, 0.5) is 0 Å². The molecule has 6 rings (SSSR count). The maximum absolute atomic E-state index is 13.1. The first-order valence-electron chi connectivity index (χ1n) is 13.5. The normalized spacial score (nSPS) is 13.9. The first-order valence-corrected chi connectivity index (χ1v) is 14.3. The van der Waals surface area contributed by atoms with Crippen LogP contribution in [0.15, 0.2) is 109 Å². The topological polar surface area (TPSA) is 104 Å². The molecule has 0 radical (unpaired) electrons. The van der Waals surface area contributed by atoms with Crippen molar-refractivity contribution in [1.29, 1.82) is 5.26 Å². The van der Waals surface area contributed by atoms with Crippen LogP contribution in [0.2, 0.25) is 10.0 Å². The van der Waals surface area contributed by atoms with E-state index < -0.39 is 11.9 Å². The van der Waals surface area contributed by atoms with Crippen LogP contribution in [0.25, 0.3) is 10.8 Å². The van der Waals surface area contributed by atoms with E-state index in [1.807, 2.05) is 42.5 Å². The van der Waals surface area contributed by atoms with Gasteiger partial charge in [-0.25, -0.2) is 4.79 Å². The molecule has 0 amide bonds. The van der Waals surface area contributed by atoms with Gasteiger partial charge in [0.1, 0.15) is 29.7 Å². The maximum Gasteiger partial charge on any atom is 0.344 e. The standard InChI is InChI=1S/C35H24Cl2N2O5/c1-41-32-15-21(10-14-30(32)42-19-22-9-11-23(36)16-29(22)37)33-27-13-12-24(17-31(27)44-34(39)28(33)18-38)43-35(40)26-8-4-6-20-5-2-3-7-25(20)26/h2-17,33H,19,39H2,1H3. The number of carbonyl (C=O) groups excluding carboxylic acids is 1. The van der Waals surface area contributed by atoms with Crippen LogP contribution in [0.5, 0.6) is 23.0 Å². The highest BCUT2D eigenvalue weighted by atomic mass is 35.5. The number of rotatable bonds is 7. The molecule has 0 saturated heterocycles. The molecule has 0 aliphatic carbocycles. The molecule has 1 heterocycles. The SMILES string of the molecule is COc1cc(C2C(C#N)=C(N)Oc3cc(OC(=O)c4cccc5ccccc45)ccc32)ccc1OCc1ccc(Cl)cc1Cl. The van der Waals surface area contributed by atoms with Gasteiger partial charge in [-0.05, 0) is 52.7 Å². The first kappa shape index (κ1) is 28.9. The molecule has 218 valence electrons. The monoisotopic (exact) mass is 622 g/mol. The van der Waals surface area contributed by atoms with Crippen LogP contribution in [0.3, 0.4) is 0 Å². The molecule has 2 N–H and O–H groups in total. The fourth-order valence-corrected chi connectivity index (χ4v) is 5.65. The van der Waals surface area contributed by atoms with Crippen molar-refractivity contribution in [2.45, 2.75) is 12.5 Å². The highest BCUT2D eigenvalue weighted by molar-refractivity contribution is 6.35. The molecule has 0 saturated carbocycles. The smallest absolute Gasteiger partial charge is 0.344 e. The minimum Gasteiger partial charge on any atom is -0.493 e. The van der Waals surface area contributed by atoms with E-state index in [2.05, 4.69) is 6.07 Å². The van der Waals surface area contributed by atoms with Gasteiger partial charge in [-0.2, -0.15) is 5.26 Å². The number of benzene rings is 5. The number of nitrogens with zero attached hydrogens (tertiary/aromatic N) is 1. The van der Waals surface area contributed by atoms with E-state index >= 15 is 0 Å². The van der Waals surface area contributed by atoms with Crippen LogP contribution in [-0.4, -0.2) is 13.1 Å². The minimum atomic E-state index is -0.569. The summed E-state index contributed by atoms with van der Waals surface area (Å²) >= 11 is 12.3. The Labute approximate surface area is 263 Å². The molecule has 1 aliphatic rings. The van der Waals surface area contributed by atoms with Crippen LogP contribution >= 0.6 is 23.2 Å². The Morgan fingerprint density at radius 3 is 2.57 bits per heavy atom. The van der Waals surface area contributed by atoms with E-state index in [1.165, 1.54) is 7.11 Å². The third kappa shape index (κ3) is 5.61. The number of hydrogen-bond acceptors (Lipinski definition) is 7. The van der Waals surface area contributed by atoms with Crippen molar-refractivity contribution >= 4 is 39.9 Å². The molecule has 1 unspecified atom stereocenters. The van der Waals surface area contributed by atoms with E-state index in [0.29, 0.717) is 38.4 Å². The second-order valence-corrected chi connectivity index (χ2v) is 10.8. The molecule has 1 aliphatic heterocycles. The molecule has 44 heavy (non-hydrogen) atoms. The van der Waals surface area contributed by atoms with Crippen LogP contribution in [-0.2, 0) is 6.61 Å². The number of hydrogen-bond donors (Lipinski definition) is 1. The van der Waals surface area contributed by atoms with Gasteiger partial charge in [0.05, 0.1) is 18.6 Å². The van der Waals surface area contributed by atoms with Crippen molar-refractivity contribution in [2.75, 3.05) is 7.11 Å². The van der Waals surface area contributed by atoms with Crippen LogP contribution in [0.1, 0.15) is 33.0 Å². The number of methoxy groups -OCH3 is 1. The minimum absolute atomic E-state index is 0.0424. The Morgan fingerprint density at radius 1 is 0.955 bits per heavy atom. The van der Waals surface area contributed by atoms with Gasteiger partial charge < -0.3 is 24.7 Å². The van der Waals surface area contributed by atoms with Crippen LogP contribution < -0.4 is 24.7 Å². The summed E-state index contributed by atoms with van der Waals surface area (Å²) in [7, 11) is 1.53. The summed E-state index contributed by atoms with van der Waals surface area (Å²) in [5, 5.41) is 12.8. The first-order chi connectivity index (χ1) is 21.4. The van der Waals surface area contributed by atoms with Crippen LogP contribution in [0, 0.1) is 11.3 Å². The Kier molecular flexibility index (Phi) is 8.03. The Bertz CT molecular complexity index is 1990. The number of halogens is 2. The quantitative estimate of drug-likeness (QED) is 0.144. The maximum atomic E-state index is 13.1. The Balaban J connectivity index is 1.29. The zero-order chi connectivity index (χ0) is 30.8. The van der Waals surface area contributed by atoms with Crippen molar-refractivity contribution in [3.8, 4) is 29.1 Å². The van der Waals surface area contributed by atoms with Crippen molar-refractivity contribution in [3.05, 3.63) is 141 Å². The molecule has 7 nitrogen and oxygen atoms in total. The fraction of sp³-hybridized carbons (Fsp3) is 0.0857. The summed E-state index contributed by atoms with van der Waals surface area (Å²) in [6, 6.07) is 30.8. The number of esters is 1. The van der Waals surface area contributed by atoms with Gasteiger partial charge in [0.2, 0.25) is 5.88 Å². The van der Waals surface area contributed by atoms with Gasteiger partial charge in [0, 0.05) is 27.2 Å². The van der Waals surface area contributed by atoms with E-state index in [1.54, 1.807) is 54.6 Å². The largest absolute Gasteiger partial charge is 0.493 e. The molecule has 0 fully saturated rings.